The molecule has 8 nitrogen and oxygen atoms in total. The Balaban J connectivity index is 1.43. The zero-order valence-corrected chi connectivity index (χ0v) is 20.4. The number of hydrogen-bond acceptors (Lipinski definition) is 7. The Kier molecular flexibility index (Phi) is 8.02. The van der Waals surface area contributed by atoms with Crippen molar-refractivity contribution in [3.63, 3.8) is 0 Å². The molecule has 1 aromatic carbocycles. The van der Waals surface area contributed by atoms with Crippen LogP contribution in [0.1, 0.15) is 28.9 Å². The molecule has 1 aromatic heterocycles. The summed E-state index contributed by atoms with van der Waals surface area (Å²) < 4.78 is 82.6. The van der Waals surface area contributed by atoms with Gasteiger partial charge in [-0.05, 0) is 43.2 Å². The average Bonchev–Trinajstić information content (AvgIpc) is 3.25. The fraction of sp³-hybridized carbons (Fsp3) is 0.478. The van der Waals surface area contributed by atoms with Crippen molar-refractivity contribution in [1.29, 1.82) is 0 Å². The second kappa shape index (κ2) is 10.9. The number of nitrogens with one attached hydrogen (secondary N) is 1. The molecule has 2 aromatic rings. The minimum atomic E-state index is -5.24. The summed E-state index contributed by atoms with van der Waals surface area (Å²) in [6, 6.07) is 6.01. The lowest BCUT2D eigenvalue weighted by molar-refractivity contribution is -0.204. The molecule has 38 heavy (non-hydrogen) atoms. The molecule has 0 unspecified atom stereocenters. The van der Waals surface area contributed by atoms with Crippen molar-refractivity contribution >= 4 is 29.4 Å². The number of benzene rings is 1. The number of esters is 1. The number of hydrogen-bond donors (Lipinski definition) is 1. The number of piperidine rings is 1. The van der Waals surface area contributed by atoms with Crippen LogP contribution in [0.2, 0.25) is 5.02 Å². The minimum Gasteiger partial charge on any atom is -0.452 e. The normalized spacial score (nSPS) is 21.0. The number of aromatic nitrogens is 2. The lowest BCUT2D eigenvalue weighted by Gasteiger charge is -2.34. The van der Waals surface area contributed by atoms with Gasteiger partial charge in [0.1, 0.15) is 11.8 Å². The van der Waals surface area contributed by atoms with Gasteiger partial charge in [0.25, 0.3) is 5.91 Å². The van der Waals surface area contributed by atoms with Crippen molar-refractivity contribution in [2.75, 3.05) is 31.1 Å². The highest BCUT2D eigenvalue weighted by Gasteiger charge is 2.46. The summed E-state index contributed by atoms with van der Waals surface area (Å²) >= 11 is 5.86. The molecule has 0 bridgehead atoms. The van der Waals surface area contributed by atoms with Crippen LogP contribution in [0.5, 0.6) is 0 Å². The van der Waals surface area contributed by atoms with Gasteiger partial charge in [-0.25, -0.2) is 14.8 Å². The van der Waals surface area contributed by atoms with Crippen LogP contribution in [0, 0.1) is 0 Å². The Labute approximate surface area is 217 Å². The van der Waals surface area contributed by atoms with Crippen LogP contribution in [0.4, 0.5) is 32.3 Å². The third-order valence-electron chi connectivity index (χ3n) is 6.30. The van der Waals surface area contributed by atoms with Crippen LogP contribution in [-0.4, -0.2) is 77.3 Å². The highest BCUT2D eigenvalue weighted by molar-refractivity contribution is 6.30. The summed E-state index contributed by atoms with van der Waals surface area (Å²) in [5.41, 5.74) is -0.743. The van der Waals surface area contributed by atoms with Gasteiger partial charge in [0, 0.05) is 42.5 Å². The Bertz CT molecular complexity index is 1160. The largest absolute Gasteiger partial charge is 0.490 e. The molecule has 2 aliphatic heterocycles. The van der Waals surface area contributed by atoms with Crippen LogP contribution < -0.4 is 10.2 Å². The summed E-state index contributed by atoms with van der Waals surface area (Å²) in [5.74, 6) is -2.93. The topological polar surface area (TPSA) is 87.7 Å². The number of carbonyl (C=O) groups is 2. The predicted octanol–water partition coefficient (Wildman–Crippen LogP) is 3.71. The molecule has 2 saturated heterocycles. The van der Waals surface area contributed by atoms with Gasteiger partial charge in [0.05, 0.1) is 12.6 Å². The summed E-state index contributed by atoms with van der Waals surface area (Å²) in [5, 5.41) is 3.65. The molecule has 0 spiro atoms. The Hall–Kier alpha value is -3.13. The third kappa shape index (κ3) is 6.65. The molecular weight excluding hydrogens is 544 g/mol. The van der Waals surface area contributed by atoms with E-state index in [-0.39, 0.29) is 31.0 Å². The highest BCUT2D eigenvalue weighted by Crippen LogP contribution is 2.30. The maximum atomic E-state index is 13.1. The summed E-state index contributed by atoms with van der Waals surface area (Å²) in [6.07, 6.45) is -9.50. The van der Waals surface area contributed by atoms with E-state index in [1.807, 2.05) is 0 Å². The van der Waals surface area contributed by atoms with Crippen molar-refractivity contribution in [3.8, 4) is 0 Å². The van der Waals surface area contributed by atoms with E-state index in [0.29, 0.717) is 42.6 Å². The Morgan fingerprint density at radius 1 is 1.00 bits per heavy atom. The number of anilines is 1. The highest BCUT2D eigenvalue weighted by atomic mass is 35.5. The molecule has 3 heterocycles. The zero-order chi connectivity index (χ0) is 27.7. The number of amides is 1. The number of carbonyl (C=O) groups excluding carboxylic acids is 2. The number of ether oxygens (including phenoxy) is 1. The van der Waals surface area contributed by atoms with E-state index >= 15 is 0 Å². The molecule has 2 atom stereocenters. The van der Waals surface area contributed by atoms with Crippen LogP contribution in [0.3, 0.4) is 0 Å². The smallest absolute Gasteiger partial charge is 0.452 e. The second-order valence-electron chi connectivity index (χ2n) is 8.93. The SMILES string of the molecule is O=C(c1ccc(Cl)cc1)N1CCC(N[C@H]2CN(c3nccc(C(F)(F)F)n3)C[C@@H]2OC(=O)C(F)(F)F)CC1. The van der Waals surface area contributed by atoms with E-state index in [2.05, 4.69) is 20.0 Å². The summed E-state index contributed by atoms with van der Waals surface area (Å²) in [4.78, 5) is 34.4. The van der Waals surface area contributed by atoms with Crippen molar-refractivity contribution in [3.05, 3.63) is 52.8 Å². The average molecular weight is 566 g/mol. The van der Waals surface area contributed by atoms with Crippen molar-refractivity contribution in [2.24, 2.45) is 0 Å². The van der Waals surface area contributed by atoms with Gasteiger partial charge < -0.3 is 19.9 Å². The van der Waals surface area contributed by atoms with E-state index in [9.17, 15) is 35.9 Å². The van der Waals surface area contributed by atoms with Gasteiger partial charge in [-0.2, -0.15) is 26.3 Å². The summed E-state index contributed by atoms with van der Waals surface area (Å²) in [6.45, 7) is 0.286. The fourth-order valence-electron chi connectivity index (χ4n) is 4.41. The van der Waals surface area contributed by atoms with Crippen LogP contribution in [-0.2, 0) is 15.7 Å². The van der Waals surface area contributed by atoms with Crippen LogP contribution in [0.25, 0.3) is 0 Å². The van der Waals surface area contributed by atoms with Crippen molar-refractivity contribution < 1.29 is 40.7 Å². The number of alkyl halides is 6. The van der Waals surface area contributed by atoms with Crippen molar-refractivity contribution in [1.82, 2.24) is 20.2 Å². The first kappa shape index (κ1) is 27.9. The number of rotatable bonds is 5. The Morgan fingerprint density at radius 2 is 1.66 bits per heavy atom. The molecule has 0 saturated carbocycles. The molecule has 1 N–H and O–H groups in total. The van der Waals surface area contributed by atoms with Crippen molar-refractivity contribution in [2.45, 2.75) is 43.4 Å². The predicted molar refractivity (Wildman–Crippen MR) is 122 cm³/mol. The maximum absolute atomic E-state index is 13.1. The second-order valence-corrected chi connectivity index (χ2v) is 9.37. The van der Waals surface area contributed by atoms with E-state index < -0.39 is 36.2 Å². The number of halogens is 7. The molecule has 206 valence electrons. The van der Waals surface area contributed by atoms with Gasteiger partial charge in [-0.1, -0.05) is 11.6 Å². The van der Waals surface area contributed by atoms with Gasteiger partial charge in [-0.3, -0.25) is 4.79 Å². The van der Waals surface area contributed by atoms with E-state index in [1.54, 1.807) is 29.2 Å². The van der Waals surface area contributed by atoms with Gasteiger partial charge >= 0.3 is 18.3 Å². The minimum absolute atomic E-state index is 0.0962. The quantitative estimate of drug-likeness (QED) is 0.437. The number of nitrogens with zero attached hydrogens (tertiary/aromatic N) is 4. The molecule has 0 aliphatic carbocycles. The first-order valence-corrected chi connectivity index (χ1v) is 11.9. The van der Waals surface area contributed by atoms with E-state index in [4.69, 9.17) is 11.6 Å². The molecule has 2 aliphatic rings. The first-order valence-electron chi connectivity index (χ1n) is 11.5. The van der Waals surface area contributed by atoms with Gasteiger partial charge in [0.15, 0.2) is 0 Å². The molecule has 15 heteroatoms. The van der Waals surface area contributed by atoms with Gasteiger partial charge in [0.2, 0.25) is 5.95 Å². The molecule has 2 fully saturated rings. The third-order valence-corrected chi connectivity index (χ3v) is 6.55. The lowest BCUT2D eigenvalue weighted by atomic mass is 10.0. The van der Waals surface area contributed by atoms with Crippen LogP contribution in [0.15, 0.2) is 36.5 Å². The molecular formula is C23H22ClF6N5O3. The molecule has 1 amide bonds. The standard InChI is InChI=1S/C23H22ClF6N5O3/c24-14-3-1-13(2-4-14)19(36)34-9-6-15(7-10-34)32-16-11-35(12-17(16)38-20(37)23(28,29)30)21-31-8-5-18(33-21)22(25,26)27/h1-5,8,15-17,32H,6-7,9-12H2/t16-,17-/m0/s1. The molecule has 0 radical (unpaired) electrons. The molecule has 4 rings (SSSR count). The summed E-state index contributed by atoms with van der Waals surface area (Å²) in [7, 11) is 0. The lowest BCUT2D eigenvalue weighted by Crippen LogP contribution is -2.52. The zero-order valence-electron chi connectivity index (χ0n) is 19.6. The monoisotopic (exact) mass is 565 g/mol. The number of likely N-dealkylation sites (tertiary alicyclic amines) is 1. The van der Waals surface area contributed by atoms with E-state index in [1.165, 1.54) is 4.90 Å². The van der Waals surface area contributed by atoms with Gasteiger partial charge in [-0.15, -0.1) is 0 Å². The Morgan fingerprint density at radius 3 is 2.26 bits per heavy atom. The maximum Gasteiger partial charge on any atom is 0.490 e. The first-order chi connectivity index (χ1) is 17.8. The fourth-order valence-corrected chi connectivity index (χ4v) is 4.53. The van der Waals surface area contributed by atoms with Crippen LogP contribution >= 0.6 is 11.6 Å². The van der Waals surface area contributed by atoms with E-state index in [0.717, 1.165) is 6.20 Å².